The van der Waals surface area contributed by atoms with E-state index in [0.717, 1.165) is 27.8 Å². The van der Waals surface area contributed by atoms with Gasteiger partial charge in [-0.15, -0.1) is 0 Å². The van der Waals surface area contributed by atoms with E-state index in [1.807, 2.05) is 78.9 Å². The van der Waals surface area contributed by atoms with E-state index >= 15 is 0 Å². The molecule has 0 spiro atoms. The van der Waals surface area contributed by atoms with Crippen molar-refractivity contribution in [2.45, 2.75) is 44.9 Å². The summed E-state index contributed by atoms with van der Waals surface area (Å²) in [6.45, 7) is 0.819. The fourth-order valence-corrected chi connectivity index (χ4v) is 6.69. The van der Waals surface area contributed by atoms with Gasteiger partial charge in [-0.2, -0.15) is 0 Å². The first-order valence-electron chi connectivity index (χ1n) is 15.0. The Hall–Kier alpha value is -3.71. The van der Waals surface area contributed by atoms with Crippen LogP contribution in [0.2, 0.25) is 20.1 Å². The third-order valence-electron chi connectivity index (χ3n) is 7.84. The van der Waals surface area contributed by atoms with Gasteiger partial charge in [0.25, 0.3) is 0 Å². The Morgan fingerprint density at radius 2 is 1.00 bits per heavy atom. The minimum atomic E-state index is -0.566. The number of fused-ring (bicyclic) bond motifs is 1. The highest BCUT2D eigenvalue weighted by atomic mass is 35.5. The van der Waals surface area contributed by atoms with Crippen LogP contribution in [0.3, 0.4) is 0 Å². The number of halogens is 4. The quantitative estimate of drug-likeness (QED) is 0.128. The second-order valence-electron chi connectivity index (χ2n) is 11.2. The lowest BCUT2D eigenvalue weighted by atomic mass is 9.87. The largest absolute Gasteiger partial charge is 0.486 e. The van der Waals surface area contributed by atoms with Gasteiger partial charge in [-0.1, -0.05) is 131 Å². The molecular formula is C38H30Cl4O5. The third-order valence-corrected chi connectivity index (χ3v) is 8.96. The smallest absolute Gasteiger partial charge is 0.338 e. The van der Waals surface area contributed by atoms with E-state index in [9.17, 15) is 4.79 Å². The number of carbonyl (C=O) groups is 1. The molecule has 5 aromatic carbocycles. The molecule has 0 radical (unpaired) electrons. The SMILES string of the molecule is O=C(OC1Cc2ccccc2CC1OCc1cc(Cl)c(OCc2ccccc2)c(Cl)c1)c1cc(Cl)c(OCc2ccccc2)c(Cl)c1. The van der Waals surface area contributed by atoms with Crippen LogP contribution in [0.15, 0.2) is 109 Å². The van der Waals surface area contributed by atoms with Crippen LogP contribution in [0.1, 0.15) is 38.2 Å². The number of carbonyl (C=O) groups excluding carboxylic acids is 1. The summed E-state index contributed by atoms with van der Waals surface area (Å²) in [5.74, 6) is 0.149. The van der Waals surface area contributed by atoms with Crippen molar-refractivity contribution in [1.29, 1.82) is 0 Å². The van der Waals surface area contributed by atoms with E-state index in [1.165, 1.54) is 12.1 Å². The van der Waals surface area contributed by atoms with Gasteiger partial charge in [0.05, 0.1) is 38.4 Å². The maximum Gasteiger partial charge on any atom is 0.338 e. The van der Waals surface area contributed by atoms with Crippen LogP contribution in [-0.2, 0) is 42.1 Å². The monoisotopic (exact) mass is 706 g/mol. The number of ether oxygens (including phenoxy) is 4. The van der Waals surface area contributed by atoms with Crippen molar-refractivity contribution in [1.82, 2.24) is 0 Å². The van der Waals surface area contributed by atoms with Crippen LogP contribution in [0, 0.1) is 0 Å². The fraction of sp³-hybridized carbons (Fsp3) is 0.184. The van der Waals surface area contributed by atoms with Gasteiger partial charge < -0.3 is 18.9 Å². The number of esters is 1. The Kier molecular flexibility index (Phi) is 10.9. The topological polar surface area (TPSA) is 54.0 Å². The average molecular weight is 708 g/mol. The van der Waals surface area contributed by atoms with E-state index < -0.39 is 18.2 Å². The Morgan fingerprint density at radius 1 is 0.553 bits per heavy atom. The summed E-state index contributed by atoms with van der Waals surface area (Å²) in [4.78, 5) is 13.4. The lowest BCUT2D eigenvalue weighted by Gasteiger charge is -2.33. The standard InChI is InChI=1S/C38H30Cl4O5/c39-30-15-26(16-31(40)36(30)45-21-24-9-3-1-4-10-24)23-44-34-19-27-13-7-8-14-28(27)20-35(34)47-38(43)29-17-32(41)37(33(42)18-29)46-22-25-11-5-2-6-12-25/h1-18,34-35H,19-23H2. The maximum atomic E-state index is 13.4. The van der Waals surface area contributed by atoms with Gasteiger partial charge >= 0.3 is 5.97 Å². The molecule has 0 heterocycles. The Labute approximate surface area is 293 Å². The Balaban J connectivity index is 1.14. The highest BCUT2D eigenvalue weighted by Gasteiger charge is 2.33. The zero-order valence-corrected chi connectivity index (χ0v) is 28.2. The number of rotatable bonds is 11. The summed E-state index contributed by atoms with van der Waals surface area (Å²) >= 11 is 26.2. The molecule has 0 aromatic heterocycles. The van der Waals surface area contributed by atoms with Crippen molar-refractivity contribution in [3.63, 3.8) is 0 Å². The molecule has 2 atom stereocenters. The lowest BCUT2D eigenvalue weighted by Crippen LogP contribution is -2.40. The van der Waals surface area contributed by atoms with Crippen molar-refractivity contribution >= 4 is 52.4 Å². The molecule has 1 aliphatic carbocycles. The molecule has 1 aliphatic rings. The van der Waals surface area contributed by atoms with Crippen LogP contribution in [0.4, 0.5) is 0 Å². The predicted octanol–water partition coefficient (Wildman–Crippen LogP) is 10.4. The first kappa shape index (κ1) is 33.2. The first-order chi connectivity index (χ1) is 22.8. The zero-order valence-electron chi connectivity index (χ0n) is 25.1. The second kappa shape index (κ2) is 15.5. The van der Waals surface area contributed by atoms with Gasteiger partial charge in [-0.25, -0.2) is 4.79 Å². The minimum absolute atomic E-state index is 0.199. The summed E-state index contributed by atoms with van der Waals surface area (Å²) in [5.41, 5.74) is 5.18. The molecule has 0 bridgehead atoms. The van der Waals surface area contributed by atoms with Crippen LogP contribution in [0.25, 0.3) is 0 Å². The molecule has 0 saturated heterocycles. The average Bonchev–Trinajstić information content (AvgIpc) is 3.07. The molecule has 9 heteroatoms. The lowest BCUT2D eigenvalue weighted by molar-refractivity contribution is -0.0627. The molecular weight excluding hydrogens is 678 g/mol. The van der Waals surface area contributed by atoms with Crippen molar-refractivity contribution in [2.75, 3.05) is 0 Å². The summed E-state index contributed by atoms with van der Waals surface area (Å²) < 4.78 is 24.2. The fourth-order valence-electron chi connectivity index (χ4n) is 5.45. The highest BCUT2D eigenvalue weighted by molar-refractivity contribution is 6.38. The third kappa shape index (κ3) is 8.42. The number of benzene rings is 5. The van der Waals surface area contributed by atoms with Gasteiger partial charge in [0, 0.05) is 12.8 Å². The summed E-state index contributed by atoms with van der Waals surface area (Å²) in [5, 5.41) is 1.20. The van der Waals surface area contributed by atoms with Gasteiger partial charge in [-0.3, -0.25) is 0 Å². The Bertz CT molecular complexity index is 1800. The summed E-state index contributed by atoms with van der Waals surface area (Å²) in [6, 6.07) is 34.0. The van der Waals surface area contributed by atoms with E-state index in [4.69, 9.17) is 65.4 Å². The van der Waals surface area contributed by atoms with E-state index in [0.29, 0.717) is 41.0 Å². The molecule has 5 aromatic rings. The molecule has 0 saturated carbocycles. The van der Waals surface area contributed by atoms with Crippen LogP contribution in [0.5, 0.6) is 11.5 Å². The molecule has 0 aliphatic heterocycles. The molecule has 6 rings (SSSR count). The predicted molar refractivity (Wildman–Crippen MR) is 186 cm³/mol. The van der Waals surface area contributed by atoms with Crippen molar-refractivity contribution in [3.05, 3.63) is 163 Å². The van der Waals surface area contributed by atoms with Gasteiger partial charge in [-0.05, 0) is 52.1 Å². The molecule has 47 heavy (non-hydrogen) atoms. The molecule has 0 fully saturated rings. The normalized spacial score (nSPS) is 15.5. The van der Waals surface area contributed by atoms with E-state index in [2.05, 4.69) is 6.07 Å². The van der Waals surface area contributed by atoms with Crippen LogP contribution < -0.4 is 9.47 Å². The summed E-state index contributed by atoms with van der Waals surface area (Å²) in [7, 11) is 0. The molecule has 5 nitrogen and oxygen atoms in total. The second-order valence-corrected chi connectivity index (χ2v) is 12.8. The Morgan fingerprint density at radius 3 is 1.51 bits per heavy atom. The number of hydrogen-bond acceptors (Lipinski definition) is 5. The van der Waals surface area contributed by atoms with E-state index in [-0.39, 0.29) is 28.8 Å². The van der Waals surface area contributed by atoms with Crippen LogP contribution in [-0.4, -0.2) is 18.2 Å². The summed E-state index contributed by atoms with van der Waals surface area (Å²) in [6.07, 6.45) is 0.0463. The van der Waals surface area contributed by atoms with Gasteiger partial charge in [0.2, 0.25) is 0 Å². The molecule has 0 N–H and O–H groups in total. The molecule has 2 unspecified atom stereocenters. The van der Waals surface area contributed by atoms with Gasteiger partial charge in [0.1, 0.15) is 19.3 Å². The molecule has 240 valence electrons. The van der Waals surface area contributed by atoms with Crippen molar-refractivity contribution in [3.8, 4) is 11.5 Å². The van der Waals surface area contributed by atoms with Gasteiger partial charge in [0.15, 0.2) is 11.5 Å². The minimum Gasteiger partial charge on any atom is -0.486 e. The highest BCUT2D eigenvalue weighted by Crippen LogP contribution is 2.37. The van der Waals surface area contributed by atoms with Crippen molar-refractivity contribution < 1.29 is 23.7 Å². The molecule has 0 amide bonds. The number of hydrogen-bond donors (Lipinski definition) is 0. The maximum absolute atomic E-state index is 13.4. The van der Waals surface area contributed by atoms with Crippen molar-refractivity contribution in [2.24, 2.45) is 0 Å². The zero-order chi connectivity index (χ0) is 32.8. The van der Waals surface area contributed by atoms with E-state index in [1.54, 1.807) is 12.1 Å². The first-order valence-corrected chi connectivity index (χ1v) is 16.5. The van der Waals surface area contributed by atoms with Crippen LogP contribution >= 0.6 is 46.4 Å².